The summed E-state index contributed by atoms with van der Waals surface area (Å²) in [5.74, 6) is 0.358. The van der Waals surface area contributed by atoms with Crippen molar-refractivity contribution in [2.75, 3.05) is 11.4 Å². The van der Waals surface area contributed by atoms with Crippen molar-refractivity contribution in [3.63, 3.8) is 0 Å². The number of rotatable bonds is 3. The summed E-state index contributed by atoms with van der Waals surface area (Å²) in [4.78, 5) is 21.7. The number of anilines is 1. The molecule has 8 heteroatoms. The van der Waals surface area contributed by atoms with Gasteiger partial charge < -0.3 is 14.4 Å². The van der Waals surface area contributed by atoms with Gasteiger partial charge in [0.1, 0.15) is 5.82 Å². The molecule has 134 valence electrons. The lowest BCUT2D eigenvalue weighted by Crippen LogP contribution is -2.30. The SMILES string of the molecule is O=C1CC(c2nc(-c3cc(Cl)c[nH]3)no2)CCCN1c1ccc(F)cc1. The van der Waals surface area contributed by atoms with Crippen LogP contribution >= 0.6 is 11.6 Å². The van der Waals surface area contributed by atoms with E-state index in [1.165, 1.54) is 12.1 Å². The van der Waals surface area contributed by atoms with E-state index in [9.17, 15) is 9.18 Å². The van der Waals surface area contributed by atoms with Crippen LogP contribution in [0.25, 0.3) is 11.5 Å². The van der Waals surface area contributed by atoms with Crippen LogP contribution in [0.1, 0.15) is 31.1 Å². The summed E-state index contributed by atoms with van der Waals surface area (Å²) in [6.07, 6.45) is 3.46. The average molecular weight is 375 g/mol. The molecule has 3 aromatic rings. The van der Waals surface area contributed by atoms with Gasteiger partial charge in [-0.25, -0.2) is 4.39 Å². The summed E-state index contributed by atoms with van der Waals surface area (Å²) in [7, 11) is 0. The third kappa shape index (κ3) is 3.35. The molecule has 1 amide bonds. The number of carbonyl (C=O) groups is 1. The Hall–Kier alpha value is -2.67. The lowest BCUT2D eigenvalue weighted by Gasteiger charge is -2.20. The first-order chi connectivity index (χ1) is 12.6. The maximum Gasteiger partial charge on any atom is 0.230 e. The zero-order chi connectivity index (χ0) is 18.1. The number of hydrogen-bond donors (Lipinski definition) is 1. The van der Waals surface area contributed by atoms with Crippen molar-refractivity contribution in [3.8, 4) is 11.5 Å². The van der Waals surface area contributed by atoms with Crippen molar-refractivity contribution in [1.29, 1.82) is 0 Å². The van der Waals surface area contributed by atoms with Crippen LogP contribution in [0.4, 0.5) is 10.1 Å². The average Bonchev–Trinajstić information content (AvgIpc) is 3.23. The number of nitrogens with zero attached hydrogens (tertiary/aromatic N) is 3. The van der Waals surface area contributed by atoms with E-state index in [4.69, 9.17) is 16.1 Å². The first-order valence-electron chi connectivity index (χ1n) is 8.34. The minimum absolute atomic E-state index is 0.0400. The number of hydrogen-bond acceptors (Lipinski definition) is 4. The van der Waals surface area contributed by atoms with Gasteiger partial charge >= 0.3 is 0 Å². The number of H-pyrrole nitrogens is 1. The van der Waals surface area contributed by atoms with Crippen LogP contribution < -0.4 is 4.90 Å². The van der Waals surface area contributed by atoms with Crippen LogP contribution in [0.2, 0.25) is 5.02 Å². The van der Waals surface area contributed by atoms with Crippen LogP contribution in [0.5, 0.6) is 0 Å². The summed E-state index contributed by atoms with van der Waals surface area (Å²) in [6, 6.07) is 7.67. The topological polar surface area (TPSA) is 75.0 Å². The molecule has 0 aliphatic carbocycles. The largest absolute Gasteiger partial charge is 0.357 e. The van der Waals surface area contributed by atoms with Crippen LogP contribution in [0, 0.1) is 5.82 Å². The highest BCUT2D eigenvalue weighted by Crippen LogP contribution is 2.31. The molecule has 1 N–H and O–H groups in total. The number of benzene rings is 1. The second-order valence-corrected chi connectivity index (χ2v) is 6.69. The van der Waals surface area contributed by atoms with E-state index < -0.39 is 0 Å². The summed E-state index contributed by atoms with van der Waals surface area (Å²) < 4.78 is 18.5. The van der Waals surface area contributed by atoms with Crippen LogP contribution in [-0.2, 0) is 4.79 Å². The van der Waals surface area contributed by atoms with Gasteiger partial charge in [0.25, 0.3) is 0 Å². The monoisotopic (exact) mass is 374 g/mol. The quantitative estimate of drug-likeness (QED) is 0.747. The molecule has 6 nitrogen and oxygen atoms in total. The normalized spacial score (nSPS) is 18.2. The fourth-order valence-corrected chi connectivity index (χ4v) is 3.32. The maximum atomic E-state index is 13.1. The summed E-state index contributed by atoms with van der Waals surface area (Å²) in [5.41, 5.74) is 1.36. The number of aromatic amines is 1. The number of amides is 1. The Kier molecular flexibility index (Phi) is 4.46. The standard InChI is InChI=1S/C18H16ClFN4O2/c19-12-9-15(21-10-12)17-22-18(26-23-17)11-2-1-7-24(16(25)8-11)14-5-3-13(20)4-6-14/h3-6,9-11,21H,1-2,7-8H2. The second-order valence-electron chi connectivity index (χ2n) is 6.25. The van der Waals surface area contributed by atoms with Crippen molar-refractivity contribution >= 4 is 23.2 Å². The molecule has 0 bridgehead atoms. The molecule has 1 aliphatic heterocycles. The highest BCUT2D eigenvalue weighted by atomic mass is 35.5. The van der Waals surface area contributed by atoms with E-state index in [2.05, 4.69) is 15.1 Å². The molecule has 0 radical (unpaired) electrons. The predicted octanol–water partition coefficient (Wildman–Crippen LogP) is 4.16. The minimum Gasteiger partial charge on any atom is -0.357 e. The Bertz CT molecular complexity index is 921. The molecular weight excluding hydrogens is 359 g/mol. The lowest BCUT2D eigenvalue weighted by molar-refractivity contribution is -0.118. The van der Waals surface area contributed by atoms with Gasteiger partial charge in [-0.05, 0) is 43.2 Å². The number of aromatic nitrogens is 3. The molecule has 1 unspecified atom stereocenters. The van der Waals surface area contributed by atoms with Gasteiger partial charge in [0.05, 0.1) is 10.7 Å². The highest BCUT2D eigenvalue weighted by Gasteiger charge is 2.29. The molecule has 0 saturated carbocycles. The van der Waals surface area contributed by atoms with Crippen LogP contribution in [0.3, 0.4) is 0 Å². The van der Waals surface area contributed by atoms with E-state index >= 15 is 0 Å². The van der Waals surface area contributed by atoms with Gasteiger partial charge in [-0.3, -0.25) is 4.79 Å². The Morgan fingerprint density at radius 2 is 2.12 bits per heavy atom. The second kappa shape index (κ2) is 6.92. The maximum absolute atomic E-state index is 13.1. The molecule has 1 aliphatic rings. The molecule has 1 aromatic carbocycles. The fraction of sp³-hybridized carbons (Fsp3) is 0.278. The molecule has 0 spiro atoms. The predicted molar refractivity (Wildman–Crippen MR) is 94.4 cm³/mol. The molecule has 26 heavy (non-hydrogen) atoms. The third-order valence-corrected chi connectivity index (χ3v) is 4.69. The van der Waals surface area contributed by atoms with Gasteiger partial charge in [0, 0.05) is 30.8 Å². The molecular formula is C18H16ClFN4O2. The van der Waals surface area contributed by atoms with E-state index in [1.54, 1.807) is 29.3 Å². The van der Waals surface area contributed by atoms with E-state index in [1.807, 2.05) is 0 Å². The zero-order valence-electron chi connectivity index (χ0n) is 13.8. The zero-order valence-corrected chi connectivity index (χ0v) is 14.5. The molecule has 1 fully saturated rings. The number of halogens is 2. The van der Waals surface area contributed by atoms with Gasteiger partial charge in [-0.1, -0.05) is 16.8 Å². The Morgan fingerprint density at radius 1 is 1.31 bits per heavy atom. The number of carbonyl (C=O) groups excluding carboxylic acids is 1. The molecule has 3 heterocycles. The lowest BCUT2D eigenvalue weighted by atomic mass is 10.0. The fourth-order valence-electron chi connectivity index (χ4n) is 3.16. The Balaban J connectivity index is 1.52. The summed E-state index contributed by atoms with van der Waals surface area (Å²) >= 11 is 5.90. The first kappa shape index (κ1) is 16.8. The first-order valence-corrected chi connectivity index (χ1v) is 8.72. The van der Waals surface area contributed by atoms with Crippen molar-refractivity contribution in [2.45, 2.75) is 25.2 Å². The molecule has 1 saturated heterocycles. The van der Waals surface area contributed by atoms with Gasteiger partial charge in [0.15, 0.2) is 0 Å². The molecule has 4 rings (SSSR count). The smallest absolute Gasteiger partial charge is 0.230 e. The third-order valence-electron chi connectivity index (χ3n) is 4.47. The van der Waals surface area contributed by atoms with E-state index in [0.29, 0.717) is 34.7 Å². The Labute approximate surface area is 154 Å². The highest BCUT2D eigenvalue weighted by molar-refractivity contribution is 6.30. The van der Waals surface area contributed by atoms with Crippen molar-refractivity contribution < 1.29 is 13.7 Å². The van der Waals surface area contributed by atoms with Crippen molar-refractivity contribution in [3.05, 3.63) is 53.3 Å². The van der Waals surface area contributed by atoms with Crippen molar-refractivity contribution in [2.24, 2.45) is 0 Å². The van der Waals surface area contributed by atoms with Gasteiger partial charge in [0.2, 0.25) is 17.6 Å². The van der Waals surface area contributed by atoms with Crippen molar-refractivity contribution in [1.82, 2.24) is 15.1 Å². The number of nitrogens with one attached hydrogen (secondary N) is 1. The summed E-state index contributed by atoms with van der Waals surface area (Å²) in [5, 5.41) is 4.54. The minimum atomic E-state index is -0.322. The van der Waals surface area contributed by atoms with Gasteiger partial charge in [-0.15, -0.1) is 0 Å². The molecule has 2 aromatic heterocycles. The Morgan fingerprint density at radius 3 is 2.85 bits per heavy atom. The summed E-state index contributed by atoms with van der Waals surface area (Å²) in [6.45, 7) is 0.578. The van der Waals surface area contributed by atoms with E-state index in [-0.39, 0.29) is 24.1 Å². The van der Waals surface area contributed by atoms with Crippen LogP contribution in [0.15, 0.2) is 41.1 Å². The van der Waals surface area contributed by atoms with E-state index in [0.717, 1.165) is 12.8 Å². The van der Waals surface area contributed by atoms with Gasteiger partial charge in [-0.2, -0.15) is 4.98 Å². The van der Waals surface area contributed by atoms with Crippen LogP contribution in [-0.4, -0.2) is 27.6 Å². The molecule has 1 atom stereocenters.